The van der Waals surface area contributed by atoms with Crippen molar-refractivity contribution in [3.8, 4) is 11.4 Å². The van der Waals surface area contributed by atoms with Crippen LogP contribution in [0.1, 0.15) is 18.9 Å². The molecule has 0 aromatic carbocycles. The van der Waals surface area contributed by atoms with E-state index >= 15 is 0 Å². The van der Waals surface area contributed by atoms with Gasteiger partial charge in [-0.2, -0.15) is 5.10 Å². The summed E-state index contributed by atoms with van der Waals surface area (Å²) in [6, 6.07) is 1.77. The van der Waals surface area contributed by atoms with Crippen LogP contribution in [0.5, 0.6) is 5.75 Å². The quantitative estimate of drug-likeness (QED) is 0.831. The Morgan fingerprint density at radius 2 is 2.33 bits per heavy atom. The van der Waals surface area contributed by atoms with Crippen molar-refractivity contribution < 1.29 is 4.74 Å². The average molecular weight is 262 g/mol. The standard InChI is InChI=1S/C12H14N4OS/c1-2-5-17-9-6-15-16(8-9)11-7-14-4-3-10(11)12(13)18/h3-4,6-8H,2,5H2,1H3,(H2,13,18). The number of ether oxygens (including phenoxy) is 1. The van der Waals surface area contributed by atoms with Crippen LogP contribution in [-0.4, -0.2) is 26.4 Å². The van der Waals surface area contributed by atoms with E-state index in [-0.39, 0.29) is 0 Å². The second kappa shape index (κ2) is 5.59. The normalized spacial score (nSPS) is 10.3. The predicted octanol–water partition coefficient (Wildman–Crippen LogP) is 1.69. The average Bonchev–Trinajstić information content (AvgIpc) is 2.85. The van der Waals surface area contributed by atoms with E-state index in [0.29, 0.717) is 11.6 Å². The molecule has 0 saturated heterocycles. The van der Waals surface area contributed by atoms with Gasteiger partial charge in [0, 0.05) is 11.8 Å². The zero-order valence-electron chi connectivity index (χ0n) is 10.0. The Morgan fingerprint density at radius 3 is 3.06 bits per heavy atom. The fourth-order valence-electron chi connectivity index (χ4n) is 1.51. The Balaban J connectivity index is 2.31. The van der Waals surface area contributed by atoms with Gasteiger partial charge in [0.05, 0.1) is 30.9 Å². The summed E-state index contributed by atoms with van der Waals surface area (Å²) in [5.74, 6) is 0.717. The number of pyridine rings is 1. The highest BCUT2D eigenvalue weighted by atomic mass is 32.1. The minimum Gasteiger partial charge on any atom is -0.490 e. The highest BCUT2D eigenvalue weighted by Crippen LogP contribution is 2.16. The summed E-state index contributed by atoms with van der Waals surface area (Å²) < 4.78 is 7.15. The number of nitrogens with two attached hydrogens (primary N) is 1. The van der Waals surface area contributed by atoms with Gasteiger partial charge in [0.25, 0.3) is 0 Å². The third-order valence-electron chi connectivity index (χ3n) is 2.34. The molecule has 0 amide bonds. The van der Waals surface area contributed by atoms with E-state index in [4.69, 9.17) is 22.7 Å². The Labute approximate surface area is 111 Å². The minimum absolute atomic E-state index is 0.318. The van der Waals surface area contributed by atoms with Crippen molar-refractivity contribution >= 4 is 17.2 Å². The van der Waals surface area contributed by atoms with Crippen LogP contribution in [0.4, 0.5) is 0 Å². The SMILES string of the molecule is CCCOc1cnn(-c2cnccc2C(N)=S)c1. The summed E-state index contributed by atoms with van der Waals surface area (Å²) in [6.07, 6.45) is 7.72. The number of nitrogens with zero attached hydrogens (tertiary/aromatic N) is 3. The number of rotatable bonds is 5. The first-order valence-electron chi connectivity index (χ1n) is 5.64. The van der Waals surface area contributed by atoms with E-state index < -0.39 is 0 Å². The summed E-state index contributed by atoms with van der Waals surface area (Å²) >= 11 is 5.00. The largest absolute Gasteiger partial charge is 0.490 e. The van der Waals surface area contributed by atoms with Crippen LogP contribution in [0.15, 0.2) is 30.9 Å². The number of hydrogen-bond donors (Lipinski definition) is 1. The topological polar surface area (TPSA) is 66.0 Å². The highest BCUT2D eigenvalue weighted by molar-refractivity contribution is 7.80. The molecule has 0 aliphatic heterocycles. The van der Waals surface area contributed by atoms with Gasteiger partial charge in [0.1, 0.15) is 4.99 Å². The maximum atomic E-state index is 5.67. The van der Waals surface area contributed by atoms with E-state index in [1.807, 2.05) is 0 Å². The van der Waals surface area contributed by atoms with Crippen LogP contribution in [0.3, 0.4) is 0 Å². The molecule has 18 heavy (non-hydrogen) atoms. The number of hydrogen-bond acceptors (Lipinski definition) is 4. The van der Waals surface area contributed by atoms with Crippen molar-refractivity contribution in [2.24, 2.45) is 5.73 Å². The molecular formula is C12H14N4OS. The van der Waals surface area contributed by atoms with E-state index in [9.17, 15) is 0 Å². The lowest BCUT2D eigenvalue weighted by atomic mass is 10.2. The van der Waals surface area contributed by atoms with Gasteiger partial charge in [0.15, 0.2) is 5.75 Å². The maximum absolute atomic E-state index is 5.67. The molecule has 6 heteroatoms. The van der Waals surface area contributed by atoms with Crippen molar-refractivity contribution in [2.75, 3.05) is 6.61 Å². The second-order valence-electron chi connectivity index (χ2n) is 3.73. The van der Waals surface area contributed by atoms with Gasteiger partial charge in [0.2, 0.25) is 0 Å². The van der Waals surface area contributed by atoms with Gasteiger partial charge < -0.3 is 10.5 Å². The van der Waals surface area contributed by atoms with Crippen LogP contribution < -0.4 is 10.5 Å². The first-order valence-corrected chi connectivity index (χ1v) is 6.05. The summed E-state index contributed by atoms with van der Waals surface area (Å²) in [4.78, 5) is 4.38. The van der Waals surface area contributed by atoms with Crippen molar-refractivity contribution in [3.05, 3.63) is 36.4 Å². The van der Waals surface area contributed by atoms with Crippen LogP contribution in [0.2, 0.25) is 0 Å². The van der Waals surface area contributed by atoms with Crippen LogP contribution in [0.25, 0.3) is 5.69 Å². The van der Waals surface area contributed by atoms with Crippen LogP contribution in [-0.2, 0) is 0 Å². The molecule has 5 nitrogen and oxygen atoms in total. The molecule has 0 radical (unpaired) electrons. The Morgan fingerprint density at radius 1 is 1.50 bits per heavy atom. The lowest BCUT2D eigenvalue weighted by Gasteiger charge is -2.06. The molecular weight excluding hydrogens is 248 g/mol. The second-order valence-corrected chi connectivity index (χ2v) is 4.17. The summed E-state index contributed by atoms with van der Waals surface area (Å²) in [5, 5.41) is 4.22. The smallest absolute Gasteiger partial charge is 0.157 e. The maximum Gasteiger partial charge on any atom is 0.157 e. The van der Waals surface area contributed by atoms with Crippen molar-refractivity contribution in [3.63, 3.8) is 0 Å². The first kappa shape index (κ1) is 12.5. The first-order chi connectivity index (χ1) is 8.72. The molecule has 2 rings (SSSR count). The molecule has 0 aliphatic carbocycles. The van der Waals surface area contributed by atoms with Gasteiger partial charge in [-0.1, -0.05) is 19.1 Å². The van der Waals surface area contributed by atoms with Crippen molar-refractivity contribution in [1.29, 1.82) is 0 Å². The van der Waals surface area contributed by atoms with Crippen molar-refractivity contribution in [2.45, 2.75) is 13.3 Å². The molecule has 0 atom stereocenters. The van der Waals surface area contributed by atoms with E-state index in [1.165, 1.54) is 0 Å². The molecule has 0 spiro atoms. The minimum atomic E-state index is 0.318. The van der Waals surface area contributed by atoms with Gasteiger partial charge >= 0.3 is 0 Å². The molecule has 2 N–H and O–H groups in total. The molecule has 0 saturated carbocycles. The fourth-order valence-corrected chi connectivity index (χ4v) is 1.68. The molecule has 94 valence electrons. The third-order valence-corrected chi connectivity index (χ3v) is 2.56. The molecule has 2 heterocycles. The van der Waals surface area contributed by atoms with Gasteiger partial charge in [-0.25, -0.2) is 4.68 Å². The fraction of sp³-hybridized carbons (Fsp3) is 0.250. The Hall–Kier alpha value is -1.95. The molecule has 2 aromatic heterocycles. The molecule has 0 fully saturated rings. The zero-order chi connectivity index (χ0) is 13.0. The number of aromatic nitrogens is 3. The van der Waals surface area contributed by atoms with E-state index in [0.717, 1.165) is 23.4 Å². The van der Waals surface area contributed by atoms with Crippen molar-refractivity contribution in [1.82, 2.24) is 14.8 Å². The zero-order valence-corrected chi connectivity index (χ0v) is 10.9. The molecule has 0 aliphatic rings. The van der Waals surface area contributed by atoms with Gasteiger partial charge in [-0.05, 0) is 12.5 Å². The highest BCUT2D eigenvalue weighted by Gasteiger charge is 2.09. The molecule has 2 aromatic rings. The molecule has 0 bridgehead atoms. The summed E-state index contributed by atoms with van der Waals surface area (Å²) in [5.41, 5.74) is 7.16. The van der Waals surface area contributed by atoms with Crippen LogP contribution in [0, 0.1) is 0 Å². The summed E-state index contributed by atoms with van der Waals surface area (Å²) in [7, 11) is 0. The third kappa shape index (κ3) is 2.65. The van der Waals surface area contributed by atoms with E-state index in [2.05, 4.69) is 17.0 Å². The lowest BCUT2D eigenvalue weighted by molar-refractivity contribution is 0.317. The van der Waals surface area contributed by atoms with E-state index in [1.54, 1.807) is 35.5 Å². The van der Waals surface area contributed by atoms with Crippen LogP contribution >= 0.6 is 12.2 Å². The Kier molecular flexibility index (Phi) is 3.88. The molecule has 0 unspecified atom stereocenters. The number of thiocarbonyl (C=S) groups is 1. The summed E-state index contributed by atoms with van der Waals surface area (Å²) in [6.45, 7) is 2.72. The monoisotopic (exact) mass is 262 g/mol. The van der Waals surface area contributed by atoms with Gasteiger partial charge in [-0.15, -0.1) is 0 Å². The lowest BCUT2D eigenvalue weighted by Crippen LogP contribution is -2.13. The predicted molar refractivity (Wildman–Crippen MR) is 73.0 cm³/mol. The Bertz CT molecular complexity index is 553. The van der Waals surface area contributed by atoms with Gasteiger partial charge in [-0.3, -0.25) is 4.98 Å².